The summed E-state index contributed by atoms with van der Waals surface area (Å²) in [5, 5.41) is 25.4. The zero-order chi connectivity index (χ0) is 22.4. The van der Waals surface area contributed by atoms with Crippen LogP contribution in [-0.4, -0.2) is 42.0 Å². The third-order valence-corrected chi connectivity index (χ3v) is 3.92. The van der Waals surface area contributed by atoms with Gasteiger partial charge in [-0.25, -0.2) is 4.98 Å². The van der Waals surface area contributed by atoms with Gasteiger partial charge in [-0.2, -0.15) is 23.4 Å². The fourth-order valence-electron chi connectivity index (χ4n) is 2.48. The number of nitrogens with zero attached hydrogens (tertiary/aromatic N) is 3. The summed E-state index contributed by atoms with van der Waals surface area (Å²) in [6.45, 7) is 3.68. The highest BCUT2D eigenvalue weighted by molar-refractivity contribution is 5.94. The van der Waals surface area contributed by atoms with Crippen molar-refractivity contribution < 1.29 is 17.9 Å². The van der Waals surface area contributed by atoms with E-state index in [1.54, 1.807) is 32.0 Å². The van der Waals surface area contributed by atoms with Gasteiger partial charge in [-0.1, -0.05) is 6.07 Å². The average Bonchev–Trinajstić information content (AvgIpc) is 2.67. The van der Waals surface area contributed by atoms with E-state index in [1.165, 1.54) is 7.11 Å². The maximum atomic E-state index is 13.2. The highest BCUT2D eigenvalue weighted by Crippen LogP contribution is 2.34. The topological polar surface area (TPSA) is 119 Å². The second kappa shape index (κ2) is 9.41. The Balaban J connectivity index is 2.39. The number of hydrogen-bond acceptors (Lipinski definition) is 8. The van der Waals surface area contributed by atoms with E-state index in [-0.39, 0.29) is 24.9 Å². The number of halogens is 3. The lowest BCUT2D eigenvalue weighted by Crippen LogP contribution is -2.29. The van der Waals surface area contributed by atoms with E-state index in [2.05, 4.69) is 32.0 Å². The lowest BCUT2D eigenvalue weighted by atomic mass is 10.0. The predicted molar refractivity (Wildman–Crippen MR) is 108 cm³/mol. The Labute approximate surface area is 172 Å². The van der Waals surface area contributed by atoms with Crippen LogP contribution in [0.2, 0.25) is 0 Å². The summed E-state index contributed by atoms with van der Waals surface area (Å²) in [7, 11) is 1.44. The average molecular weight is 421 g/mol. The summed E-state index contributed by atoms with van der Waals surface area (Å²) in [5.74, 6) is -0.462. The summed E-state index contributed by atoms with van der Waals surface area (Å²) >= 11 is 0. The minimum atomic E-state index is -4.62. The van der Waals surface area contributed by atoms with Gasteiger partial charge in [0.1, 0.15) is 16.9 Å². The molecule has 1 aromatic heterocycles. The van der Waals surface area contributed by atoms with E-state index in [1.807, 2.05) is 0 Å². The van der Waals surface area contributed by atoms with Gasteiger partial charge in [-0.05, 0) is 26.0 Å². The zero-order valence-electron chi connectivity index (χ0n) is 16.7. The highest BCUT2D eigenvalue weighted by Gasteiger charge is 2.35. The molecule has 1 aromatic carbocycles. The van der Waals surface area contributed by atoms with Crippen LogP contribution in [0.4, 0.5) is 36.3 Å². The largest absolute Gasteiger partial charge is 0.421 e. The maximum Gasteiger partial charge on any atom is 0.421 e. The van der Waals surface area contributed by atoms with Gasteiger partial charge in [-0.3, -0.25) is 0 Å². The quantitative estimate of drug-likeness (QED) is 0.357. The number of rotatable bonds is 9. The molecule has 8 nitrogen and oxygen atoms in total. The molecular formula is C19H22F3N7O. The molecule has 2 rings (SSSR count). The van der Waals surface area contributed by atoms with Crippen LogP contribution in [0.15, 0.2) is 24.4 Å². The van der Waals surface area contributed by atoms with Gasteiger partial charge in [-0.15, -0.1) is 0 Å². The van der Waals surface area contributed by atoms with Crippen molar-refractivity contribution in [3.63, 3.8) is 0 Å². The zero-order valence-corrected chi connectivity index (χ0v) is 16.7. The Hall–Kier alpha value is -3.39. The molecular weight excluding hydrogens is 399 g/mol. The number of benzene rings is 1. The molecule has 0 saturated carbocycles. The number of hydrogen-bond donors (Lipinski definition) is 4. The van der Waals surface area contributed by atoms with Gasteiger partial charge in [0, 0.05) is 37.3 Å². The molecule has 1 heterocycles. The van der Waals surface area contributed by atoms with Crippen molar-refractivity contribution in [2.75, 3.05) is 36.2 Å². The van der Waals surface area contributed by atoms with Crippen molar-refractivity contribution in [3.05, 3.63) is 35.5 Å². The number of aromatic nitrogens is 2. The SMILES string of the molecule is COCCNc1nc(Nc2cccc(NC(C)(C)C#N)c2C=N)ncc1C(F)(F)F. The lowest BCUT2D eigenvalue weighted by Gasteiger charge is -2.22. The van der Waals surface area contributed by atoms with Gasteiger partial charge in [0.25, 0.3) is 0 Å². The van der Waals surface area contributed by atoms with Crippen molar-refractivity contribution >= 4 is 29.4 Å². The van der Waals surface area contributed by atoms with Crippen LogP contribution in [0.5, 0.6) is 0 Å². The minimum absolute atomic E-state index is 0.0808. The summed E-state index contributed by atoms with van der Waals surface area (Å²) < 4.78 is 44.6. The molecule has 0 saturated heterocycles. The van der Waals surface area contributed by atoms with Crippen molar-refractivity contribution in [1.29, 1.82) is 10.7 Å². The standard InChI is InChI=1S/C19H22F3N7O/c1-18(2,11-24)29-15-6-4-5-14(12(15)9-23)27-17-26-10-13(19(20,21)22)16(28-17)25-7-8-30-3/h4-6,9-10,23,29H,7-8H2,1-3H3,(H2,25,26,27,28). The van der Waals surface area contributed by atoms with Crippen LogP contribution < -0.4 is 16.0 Å². The third-order valence-electron chi connectivity index (χ3n) is 3.92. The first-order valence-electron chi connectivity index (χ1n) is 8.88. The van der Waals surface area contributed by atoms with Crippen molar-refractivity contribution in [3.8, 4) is 6.07 Å². The molecule has 0 bridgehead atoms. The van der Waals surface area contributed by atoms with Crippen LogP contribution in [0.1, 0.15) is 25.0 Å². The molecule has 30 heavy (non-hydrogen) atoms. The first kappa shape index (κ1) is 22.9. The fraction of sp³-hybridized carbons (Fsp3) is 0.368. The van der Waals surface area contributed by atoms with Gasteiger partial charge in [0.15, 0.2) is 0 Å². The van der Waals surface area contributed by atoms with Crippen LogP contribution >= 0.6 is 0 Å². The van der Waals surface area contributed by atoms with Gasteiger partial charge in [0.2, 0.25) is 5.95 Å². The Bertz CT molecular complexity index is 939. The molecule has 0 aliphatic carbocycles. The molecule has 0 unspecified atom stereocenters. The number of nitrogens with one attached hydrogen (secondary N) is 4. The third kappa shape index (κ3) is 5.81. The Morgan fingerprint density at radius 2 is 1.97 bits per heavy atom. The smallest absolute Gasteiger partial charge is 0.383 e. The summed E-state index contributed by atoms with van der Waals surface area (Å²) in [5.41, 5.74) is -0.585. The van der Waals surface area contributed by atoms with E-state index >= 15 is 0 Å². The van der Waals surface area contributed by atoms with Crippen LogP contribution in [0, 0.1) is 16.7 Å². The number of ether oxygens (including phenoxy) is 1. The molecule has 0 spiro atoms. The minimum Gasteiger partial charge on any atom is -0.383 e. The summed E-state index contributed by atoms with van der Waals surface area (Å²) in [6.07, 6.45) is -2.86. The molecule has 0 fully saturated rings. The first-order chi connectivity index (χ1) is 14.1. The molecule has 0 radical (unpaired) electrons. The predicted octanol–water partition coefficient (Wildman–Crippen LogP) is 4.01. The van der Waals surface area contributed by atoms with Crippen molar-refractivity contribution in [2.45, 2.75) is 25.6 Å². The Morgan fingerprint density at radius 3 is 2.57 bits per heavy atom. The van der Waals surface area contributed by atoms with Crippen LogP contribution in [0.3, 0.4) is 0 Å². The molecule has 160 valence electrons. The van der Waals surface area contributed by atoms with E-state index in [9.17, 15) is 18.4 Å². The number of nitriles is 1. The summed E-state index contributed by atoms with van der Waals surface area (Å²) in [4.78, 5) is 7.71. The first-order valence-corrected chi connectivity index (χ1v) is 8.88. The summed E-state index contributed by atoms with van der Waals surface area (Å²) in [6, 6.07) is 7.10. The van der Waals surface area contributed by atoms with E-state index in [0.29, 0.717) is 23.1 Å². The number of alkyl halides is 3. The van der Waals surface area contributed by atoms with Gasteiger partial charge in [0.05, 0.1) is 18.4 Å². The number of anilines is 4. The monoisotopic (exact) mass is 421 g/mol. The number of methoxy groups -OCH3 is 1. The Morgan fingerprint density at radius 1 is 1.27 bits per heavy atom. The molecule has 0 amide bonds. The fourth-order valence-corrected chi connectivity index (χ4v) is 2.48. The van der Waals surface area contributed by atoms with Gasteiger partial charge < -0.3 is 26.1 Å². The highest BCUT2D eigenvalue weighted by atomic mass is 19.4. The van der Waals surface area contributed by atoms with E-state index in [0.717, 1.165) is 6.21 Å². The molecule has 0 atom stereocenters. The van der Waals surface area contributed by atoms with Crippen molar-refractivity contribution in [2.24, 2.45) is 0 Å². The maximum absolute atomic E-state index is 13.2. The van der Waals surface area contributed by atoms with Crippen LogP contribution in [0.25, 0.3) is 0 Å². The van der Waals surface area contributed by atoms with Gasteiger partial charge >= 0.3 is 6.18 Å². The van der Waals surface area contributed by atoms with Crippen LogP contribution in [-0.2, 0) is 10.9 Å². The molecule has 4 N–H and O–H groups in total. The molecule has 11 heteroatoms. The lowest BCUT2D eigenvalue weighted by molar-refractivity contribution is -0.137. The molecule has 0 aliphatic heterocycles. The van der Waals surface area contributed by atoms with E-state index in [4.69, 9.17) is 10.1 Å². The Kier molecular flexibility index (Phi) is 7.18. The second-order valence-electron chi connectivity index (χ2n) is 6.77. The normalized spacial score (nSPS) is 11.5. The van der Waals surface area contributed by atoms with E-state index < -0.39 is 17.3 Å². The molecule has 2 aromatic rings. The van der Waals surface area contributed by atoms with Crippen molar-refractivity contribution in [1.82, 2.24) is 9.97 Å². The molecule has 0 aliphatic rings. The second-order valence-corrected chi connectivity index (χ2v) is 6.77.